The van der Waals surface area contributed by atoms with Gasteiger partial charge in [-0.2, -0.15) is 0 Å². The molecule has 0 bridgehead atoms. The van der Waals surface area contributed by atoms with E-state index in [0.29, 0.717) is 0 Å². The van der Waals surface area contributed by atoms with Gasteiger partial charge in [0.25, 0.3) is 0 Å². The molecule has 0 saturated heterocycles. The van der Waals surface area contributed by atoms with Gasteiger partial charge in [-0.05, 0) is 64.7 Å². The second-order valence-electron chi connectivity index (χ2n) is 36.3. The molecule has 0 heterocycles. The Morgan fingerprint density at radius 3 is 0.342 bits per heavy atom. The third kappa shape index (κ3) is 95.5. The molecule has 0 fully saturated rings. The molecule has 0 rings (SSSR count). The third-order valence-electron chi connectivity index (χ3n) is 25.3. The average Bonchev–Trinajstić information content (AvgIpc) is 0.905. The summed E-state index contributed by atoms with van der Waals surface area (Å²) in [5, 5.41) is 24.3. The fraction of sp³-hybridized carbons (Fsp3) is 0.981. The van der Waals surface area contributed by atoms with E-state index in [4.69, 9.17) is 0 Å². The topological polar surface area (TPSA) is 86.7 Å². The Bertz CT molecular complexity index is 1450. The fourth-order valence-corrected chi connectivity index (χ4v) is 17.5. The van der Waals surface area contributed by atoms with Crippen molar-refractivity contribution in [2.75, 3.05) is 26.2 Å². The van der Waals surface area contributed by atoms with Crippen LogP contribution >= 0.6 is 0 Å². The molecule has 0 N–H and O–H groups in total. The fourth-order valence-electron chi connectivity index (χ4n) is 17.5. The predicted octanol–water partition coefficient (Wildman–Crippen LogP) is 33.7. The number of hydrogen-bond donors (Lipinski definition) is 0. The maximum absolute atomic E-state index is 12.1. The van der Waals surface area contributed by atoms with E-state index >= 15 is 0 Å². The Balaban J connectivity index is -0.00000208. The van der Waals surface area contributed by atoms with E-state index in [-0.39, 0.29) is 37.7 Å². The van der Waals surface area contributed by atoms with Crippen LogP contribution in [0, 0.1) is 0 Å². The van der Waals surface area contributed by atoms with Crippen LogP contribution in [0.4, 0.5) is 0 Å². The molecule has 111 heavy (non-hydrogen) atoms. The van der Waals surface area contributed by atoms with Crippen molar-refractivity contribution < 1.29 is 19.8 Å². The summed E-state index contributed by atoms with van der Waals surface area (Å²) in [6.45, 7) is 17.3. The van der Waals surface area contributed by atoms with Gasteiger partial charge in [0, 0.05) is 12.1 Å². The van der Waals surface area contributed by atoms with Gasteiger partial charge in [-0.25, -0.2) is 0 Å². The molecule has 0 amide bonds. The van der Waals surface area contributed by atoms with Gasteiger partial charge >= 0.3 is 37.7 Å². The molecule has 0 aliphatic heterocycles. The van der Waals surface area contributed by atoms with Gasteiger partial charge in [0.1, 0.15) is 0 Å². The smallest absolute Gasteiger partial charge is 0.548 e. The first-order valence-corrected chi connectivity index (χ1v) is 52.2. The van der Waals surface area contributed by atoms with Crippen molar-refractivity contribution in [1.29, 1.82) is 0 Å². The molecular formula is C104H208CaN2O4. The summed E-state index contributed by atoms with van der Waals surface area (Å²) in [5.41, 5.74) is 0. The summed E-state index contributed by atoms with van der Waals surface area (Å²) < 4.78 is 0. The quantitative estimate of drug-likeness (QED) is 0.0445. The van der Waals surface area contributed by atoms with Gasteiger partial charge in [-0.15, -0.1) is 0 Å². The summed E-state index contributed by atoms with van der Waals surface area (Å²) >= 11 is 0. The van der Waals surface area contributed by atoms with Crippen LogP contribution in [0.25, 0.3) is 0 Å². The van der Waals surface area contributed by atoms with E-state index in [1.165, 1.54) is 514 Å². The van der Waals surface area contributed by atoms with Crippen molar-refractivity contribution in [2.45, 2.75) is 632 Å². The normalized spacial score (nSPS) is 12.2. The zero-order valence-corrected chi connectivity index (χ0v) is 80.1. The van der Waals surface area contributed by atoms with Crippen molar-refractivity contribution in [3.05, 3.63) is 0 Å². The maximum atomic E-state index is 12.1. The van der Waals surface area contributed by atoms with E-state index in [9.17, 15) is 19.8 Å². The second kappa shape index (κ2) is 104. The van der Waals surface area contributed by atoms with Crippen LogP contribution in [0.5, 0.6) is 0 Å². The zero-order valence-electron chi connectivity index (χ0n) is 77.9. The van der Waals surface area contributed by atoms with E-state index in [0.717, 1.165) is 90.4 Å². The van der Waals surface area contributed by atoms with Crippen LogP contribution in [0.2, 0.25) is 0 Å². The monoisotopic (exact) mass is 1590 g/mol. The summed E-state index contributed by atoms with van der Waals surface area (Å²) in [5.74, 6) is -1.69. The van der Waals surface area contributed by atoms with Gasteiger partial charge in [-0.1, -0.05) is 581 Å². The molecule has 0 aliphatic rings. The molecule has 0 aromatic rings. The van der Waals surface area contributed by atoms with Gasteiger partial charge in [-0.3, -0.25) is 9.80 Å². The zero-order chi connectivity index (χ0) is 79.9. The number of carbonyl (C=O) groups is 2. The molecule has 660 valence electrons. The first kappa shape index (κ1) is 115. The number of nitrogens with zero attached hydrogens (tertiary/aromatic N) is 2. The third-order valence-corrected chi connectivity index (χ3v) is 25.3. The van der Waals surface area contributed by atoms with Gasteiger partial charge in [0.05, 0.1) is 11.9 Å². The number of aliphatic carboxylic acids is 2. The van der Waals surface area contributed by atoms with Crippen LogP contribution in [0.3, 0.4) is 0 Å². The van der Waals surface area contributed by atoms with Crippen molar-refractivity contribution in [3.8, 4) is 0 Å². The first-order chi connectivity index (χ1) is 54.3. The Morgan fingerprint density at radius 1 is 0.162 bits per heavy atom. The Hall–Kier alpha value is 0.120. The largest absolute Gasteiger partial charge is 2.00 e. The molecule has 0 spiro atoms. The minimum atomic E-state index is -0.847. The first-order valence-electron chi connectivity index (χ1n) is 52.2. The number of carbonyl (C=O) groups excluding carboxylic acids is 2. The van der Waals surface area contributed by atoms with Gasteiger partial charge in [0.2, 0.25) is 0 Å². The minimum absolute atomic E-state index is 0. The van der Waals surface area contributed by atoms with Crippen LogP contribution in [0.1, 0.15) is 619 Å². The van der Waals surface area contributed by atoms with Crippen LogP contribution in [-0.4, -0.2) is 97.7 Å². The molecular weight excluding hydrogens is 1380 g/mol. The summed E-state index contributed by atoms with van der Waals surface area (Å²) in [7, 11) is 0. The average molecular weight is 1590 g/mol. The predicted molar refractivity (Wildman–Crippen MR) is 496 cm³/mol. The van der Waals surface area contributed by atoms with E-state index in [2.05, 4.69) is 51.3 Å². The van der Waals surface area contributed by atoms with Crippen LogP contribution in [0.15, 0.2) is 0 Å². The van der Waals surface area contributed by atoms with Crippen molar-refractivity contribution in [3.63, 3.8) is 0 Å². The Kier molecular flexibility index (Phi) is 108. The summed E-state index contributed by atoms with van der Waals surface area (Å²) in [6, 6.07) is -0.787. The second-order valence-corrected chi connectivity index (χ2v) is 36.3. The minimum Gasteiger partial charge on any atom is -0.548 e. The van der Waals surface area contributed by atoms with Crippen LogP contribution in [-0.2, 0) is 9.59 Å². The summed E-state index contributed by atoms with van der Waals surface area (Å²) in [4.78, 5) is 28.8. The molecule has 0 saturated carbocycles. The van der Waals surface area contributed by atoms with Crippen LogP contribution < -0.4 is 10.2 Å². The van der Waals surface area contributed by atoms with E-state index < -0.39 is 24.0 Å². The Labute approximate surface area is 731 Å². The molecule has 6 nitrogen and oxygen atoms in total. The number of unbranched alkanes of at least 4 members (excludes halogenated alkanes) is 82. The maximum Gasteiger partial charge on any atom is 2.00 e. The number of hydrogen-bond acceptors (Lipinski definition) is 6. The van der Waals surface area contributed by atoms with Crippen molar-refractivity contribution in [1.82, 2.24) is 9.80 Å². The standard InChI is InChI=1S/2C52H105NO2.Ca/c2*1-4-7-10-12-14-16-18-20-22-24-26-28-30-32-34-36-38-40-42-44-46-49-53(51(52(54)55)48-9-6-3)50-47-45-43-41-39-37-35-33-31-29-27-25-23-21-19-17-15-13-11-8-5-2;/h2*51H,4-50H2,1-3H3,(H,54,55);/q;;+2/p-2. The molecule has 0 aromatic heterocycles. The number of carboxylic acids is 2. The number of rotatable bonds is 98. The molecule has 7 heteroatoms. The molecule has 2 unspecified atom stereocenters. The van der Waals surface area contributed by atoms with E-state index in [1.54, 1.807) is 0 Å². The molecule has 0 radical (unpaired) electrons. The van der Waals surface area contributed by atoms with Crippen molar-refractivity contribution >= 4 is 49.7 Å². The SMILES string of the molecule is CCCCCCCCCCCCCCCCCCCCCCCN(CCCCCCCCCCCCCCCCCCCCCCC)C(CCCC)C(=O)[O-].CCCCCCCCCCCCCCCCCCCCCCCN(CCCCCCCCCCCCCCCCCCCCCCC)C(CCCC)C(=O)[O-].[Ca+2]. The molecule has 0 aliphatic carbocycles. The Morgan fingerprint density at radius 2 is 0.252 bits per heavy atom. The molecule has 0 aromatic carbocycles. The van der Waals surface area contributed by atoms with Gasteiger partial charge < -0.3 is 19.8 Å². The van der Waals surface area contributed by atoms with E-state index in [1.807, 2.05) is 0 Å². The molecule has 2 atom stereocenters. The summed E-state index contributed by atoms with van der Waals surface area (Å²) in [6.07, 6.45) is 123. The van der Waals surface area contributed by atoms with Crippen molar-refractivity contribution in [2.24, 2.45) is 0 Å². The number of carboxylic acid groups (broad SMARTS) is 2. The van der Waals surface area contributed by atoms with Gasteiger partial charge in [0.15, 0.2) is 0 Å².